The van der Waals surface area contributed by atoms with E-state index in [1.807, 2.05) is 0 Å². The summed E-state index contributed by atoms with van der Waals surface area (Å²) in [5.41, 5.74) is -0.425. The first-order valence-electron chi connectivity index (χ1n) is 7.58. The van der Waals surface area contributed by atoms with E-state index in [-0.39, 0.29) is 24.9 Å². The van der Waals surface area contributed by atoms with Crippen LogP contribution >= 0.6 is 25.3 Å². The zero-order valence-electron chi connectivity index (χ0n) is 14.0. The molecule has 1 aromatic heterocycles. The highest BCUT2D eigenvalue weighted by atomic mass is 32.2. The lowest BCUT2D eigenvalue weighted by Gasteiger charge is -2.31. The van der Waals surface area contributed by atoms with Gasteiger partial charge in [-0.25, -0.2) is 4.79 Å². The van der Waals surface area contributed by atoms with Crippen LogP contribution in [0.4, 0.5) is 5.69 Å². The van der Waals surface area contributed by atoms with Gasteiger partial charge in [-0.1, -0.05) is 13.8 Å². The van der Waals surface area contributed by atoms with Gasteiger partial charge in [0.1, 0.15) is 6.20 Å². The molecule has 11 heteroatoms. The molecule has 0 aromatic carbocycles. The molecule has 9 nitrogen and oxygen atoms in total. The Morgan fingerprint density at radius 2 is 1.88 bits per heavy atom. The van der Waals surface area contributed by atoms with Gasteiger partial charge in [0.15, 0.2) is 4.08 Å². The van der Waals surface area contributed by atoms with Crippen LogP contribution in [0, 0.1) is 10.1 Å². The molecule has 1 fully saturated rings. The zero-order valence-corrected chi connectivity index (χ0v) is 15.8. The summed E-state index contributed by atoms with van der Waals surface area (Å²) < 4.78 is -1.63. The number of amides is 2. The molecular formula is C15H17N3O6S2. The van der Waals surface area contributed by atoms with E-state index in [0.29, 0.717) is 10.8 Å². The number of nitrogens with zero attached hydrogens (tertiary/aromatic N) is 3. The molecule has 2 heterocycles. The van der Waals surface area contributed by atoms with E-state index in [0.717, 1.165) is 6.20 Å². The fourth-order valence-electron chi connectivity index (χ4n) is 2.49. The largest absolute Gasteiger partial charge is 0.358 e. The van der Waals surface area contributed by atoms with Gasteiger partial charge in [0, 0.05) is 30.0 Å². The van der Waals surface area contributed by atoms with Crippen molar-refractivity contribution in [1.29, 1.82) is 0 Å². The molecule has 2 rings (SSSR count). The number of pyridine rings is 1. The summed E-state index contributed by atoms with van der Waals surface area (Å²) in [4.78, 5) is 54.5. The summed E-state index contributed by atoms with van der Waals surface area (Å²) >= 11 is 8.43. The smallest absolute Gasteiger partial charge is 0.328 e. The third-order valence-corrected chi connectivity index (χ3v) is 4.53. The first kappa shape index (κ1) is 20.2. The standard InChI is InChI=1S/C15H17N3O6S2/c1-14(2,10-4-3-9(7-16-10)18(22)23)8-15(25,26)13(21)24-17-11(19)5-6-12(17)20/h3-4,7,25-26H,5-6,8H2,1-2H3. The normalized spacial score (nSPS) is 15.3. The Morgan fingerprint density at radius 1 is 1.31 bits per heavy atom. The second kappa shape index (κ2) is 7.23. The highest BCUT2D eigenvalue weighted by Gasteiger charge is 2.43. The number of hydroxylamine groups is 2. The average molecular weight is 399 g/mol. The molecule has 0 radical (unpaired) electrons. The van der Waals surface area contributed by atoms with E-state index in [9.17, 15) is 24.5 Å². The van der Waals surface area contributed by atoms with Gasteiger partial charge in [0.25, 0.3) is 17.5 Å². The van der Waals surface area contributed by atoms with Gasteiger partial charge in [-0.2, -0.15) is 25.3 Å². The zero-order chi connectivity index (χ0) is 19.7. The van der Waals surface area contributed by atoms with Crippen molar-refractivity contribution in [2.45, 2.75) is 42.6 Å². The van der Waals surface area contributed by atoms with Crippen LogP contribution in [-0.4, -0.2) is 36.8 Å². The van der Waals surface area contributed by atoms with Crippen molar-refractivity contribution in [2.24, 2.45) is 0 Å². The molecule has 0 saturated carbocycles. The number of hydrogen-bond acceptors (Lipinski definition) is 9. The molecule has 1 aliphatic rings. The monoisotopic (exact) mass is 399 g/mol. The Balaban J connectivity index is 2.12. The first-order valence-corrected chi connectivity index (χ1v) is 8.47. The van der Waals surface area contributed by atoms with E-state index >= 15 is 0 Å². The van der Waals surface area contributed by atoms with Crippen molar-refractivity contribution in [3.63, 3.8) is 0 Å². The van der Waals surface area contributed by atoms with Crippen LogP contribution in [0.5, 0.6) is 0 Å². The number of thiol groups is 2. The van der Waals surface area contributed by atoms with Crippen LogP contribution in [0.1, 0.15) is 38.8 Å². The number of nitro groups is 1. The highest BCUT2D eigenvalue weighted by Crippen LogP contribution is 2.38. The van der Waals surface area contributed by atoms with Crippen molar-refractivity contribution in [2.75, 3.05) is 0 Å². The molecule has 0 aliphatic carbocycles. The minimum absolute atomic E-state index is 0.0174. The van der Waals surface area contributed by atoms with Gasteiger partial charge < -0.3 is 4.84 Å². The van der Waals surface area contributed by atoms with Crippen LogP contribution in [-0.2, 0) is 24.6 Å². The number of imide groups is 1. The number of carbonyl (C=O) groups is 3. The second-order valence-corrected chi connectivity index (χ2v) is 8.38. The van der Waals surface area contributed by atoms with Crippen molar-refractivity contribution >= 4 is 48.7 Å². The van der Waals surface area contributed by atoms with E-state index in [1.54, 1.807) is 13.8 Å². The number of aromatic nitrogens is 1. The molecule has 2 amide bonds. The summed E-state index contributed by atoms with van der Waals surface area (Å²) in [7, 11) is 0. The number of rotatable bonds is 6. The third kappa shape index (κ3) is 4.33. The average Bonchev–Trinajstić information content (AvgIpc) is 2.86. The van der Waals surface area contributed by atoms with Crippen molar-refractivity contribution in [1.82, 2.24) is 10.0 Å². The molecule has 140 valence electrons. The molecule has 1 aromatic rings. The van der Waals surface area contributed by atoms with E-state index in [1.165, 1.54) is 12.1 Å². The van der Waals surface area contributed by atoms with Crippen molar-refractivity contribution < 1.29 is 24.1 Å². The molecule has 0 unspecified atom stereocenters. The van der Waals surface area contributed by atoms with E-state index < -0.39 is 32.2 Å². The molecule has 0 bridgehead atoms. The maximum absolute atomic E-state index is 12.3. The van der Waals surface area contributed by atoms with Crippen molar-refractivity contribution in [3.05, 3.63) is 34.1 Å². The maximum Gasteiger partial charge on any atom is 0.358 e. The Bertz CT molecular complexity index is 747. The Morgan fingerprint density at radius 3 is 2.35 bits per heavy atom. The van der Waals surface area contributed by atoms with E-state index in [4.69, 9.17) is 4.84 Å². The topological polar surface area (TPSA) is 120 Å². The summed E-state index contributed by atoms with van der Waals surface area (Å²) in [6.07, 6.45) is 1.11. The molecule has 0 atom stereocenters. The lowest BCUT2D eigenvalue weighted by molar-refractivity contribution is -0.385. The molecule has 0 N–H and O–H groups in total. The van der Waals surface area contributed by atoms with Gasteiger partial charge in [-0.15, -0.1) is 5.06 Å². The quantitative estimate of drug-likeness (QED) is 0.246. The third-order valence-electron chi connectivity index (χ3n) is 3.85. The summed E-state index contributed by atoms with van der Waals surface area (Å²) in [5.74, 6) is -2.17. The van der Waals surface area contributed by atoms with Gasteiger partial charge in [-0.3, -0.25) is 24.7 Å². The van der Waals surface area contributed by atoms with Crippen molar-refractivity contribution in [3.8, 4) is 0 Å². The van der Waals surface area contributed by atoms with Crippen LogP contribution in [0.15, 0.2) is 18.3 Å². The number of hydrogen-bond donors (Lipinski definition) is 2. The van der Waals surface area contributed by atoms with E-state index in [2.05, 4.69) is 30.2 Å². The predicted octanol–water partition coefficient (Wildman–Crippen LogP) is 1.82. The first-order chi connectivity index (χ1) is 11.9. The summed E-state index contributed by atoms with van der Waals surface area (Å²) in [6.45, 7) is 3.50. The summed E-state index contributed by atoms with van der Waals surface area (Å²) in [6, 6.07) is 2.79. The number of carbonyl (C=O) groups excluding carboxylic acids is 3. The Hall–Kier alpha value is -2.14. The van der Waals surface area contributed by atoms with Gasteiger partial charge in [-0.05, 0) is 12.5 Å². The van der Waals surface area contributed by atoms with Gasteiger partial charge in [0.05, 0.1) is 4.92 Å². The molecule has 1 aliphatic heterocycles. The summed E-state index contributed by atoms with van der Waals surface area (Å²) in [5, 5.41) is 11.1. The van der Waals surface area contributed by atoms with Crippen LogP contribution < -0.4 is 0 Å². The van der Waals surface area contributed by atoms with Gasteiger partial charge >= 0.3 is 5.97 Å². The predicted molar refractivity (Wildman–Crippen MR) is 96.4 cm³/mol. The lowest BCUT2D eigenvalue weighted by Crippen LogP contribution is -2.41. The lowest BCUT2D eigenvalue weighted by atomic mass is 9.83. The molecule has 0 spiro atoms. The SMILES string of the molecule is CC(C)(CC(S)(S)C(=O)ON1C(=O)CCC1=O)c1ccc([N+](=O)[O-])cn1. The minimum Gasteiger partial charge on any atom is -0.328 e. The molecular weight excluding hydrogens is 382 g/mol. The van der Waals surface area contributed by atoms with Crippen LogP contribution in [0.3, 0.4) is 0 Å². The second-order valence-electron chi connectivity index (χ2n) is 6.50. The van der Waals surface area contributed by atoms with Gasteiger partial charge in [0.2, 0.25) is 0 Å². The minimum atomic E-state index is -1.63. The fraction of sp³-hybridized carbons (Fsp3) is 0.467. The molecule has 26 heavy (non-hydrogen) atoms. The molecule has 1 saturated heterocycles. The fourth-order valence-corrected chi connectivity index (χ4v) is 3.36. The van der Waals surface area contributed by atoms with Crippen LogP contribution in [0.2, 0.25) is 0 Å². The Kier molecular flexibility index (Phi) is 5.61. The maximum atomic E-state index is 12.3. The van der Waals surface area contributed by atoms with Crippen LogP contribution in [0.25, 0.3) is 0 Å². The highest BCUT2D eigenvalue weighted by molar-refractivity contribution is 8.01. The Labute approximate surface area is 160 Å².